The van der Waals surface area contributed by atoms with Crippen LogP contribution in [0.2, 0.25) is 0 Å². The number of aryl methyl sites for hydroxylation is 1. The zero-order chi connectivity index (χ0) is 23.5. The molecule has 0 saturated heterocycles. The topological polar surface area (TPSA) is 76.2 Å². The molecule has 1 aliphatic rings. The van der Waals surface area contributed by atoms with Gasteiger partial charge in [0, 0.05) is 32.6 Å². The number of carbonyl (C=O) groups is 1. The van der Waals surface area contributed by atoms with E-state index in [0.29, 0.717) is 5.76 Å². The maximum absolute atomic E-state index is 12.4. The minimum atomic E-state index is -0.264. The van der Waals surface area contributed by atoms with Crippen LogP contribution in [0.4, 0.5) is 0 Å². The van der Waals surface area contributed by atoms with Crippen molar-refractivity contribution in [2.45, 2.75) is 39.4 Å². The SMILES string of the molecule is Cc1ccccc1-c1ccc(CN2CCc3nnc(C(C)NC(=O)c4ccco4)n3CC2)cc1. The first-order valence-corrected chi connectivity index (χ1v) is 11.7. The van der Waals surface area contributed by atoms with Gasteiger partial charge in [-0.05, 0) is 48.2 Å². The molecule has 2 aromatic carbocycles. The highest BCUT2D eigenvalue weighted by molar-refractivity contribution is 5.91. The molecule has 1 aliphatic heterocycles. The van der Waals surface area contributed by atoms with Gasteiger partial charge >= 0.3 is 0 Å². The van der Waals surface area contributed by atoms with Gasteiger partial charge in [0.05, 0.1) is 12.3 Å². The zero-order valence-electron chi connectivity index (χ0n) is 19.6. The van der Waals surface area contributed by atoms with Crippen molar-refractivity contribution in [3.8, 4) is 11.1 Å². The Morgan fingerprint density at radius 1 is 1.03 bits per heavy atom. The molecule has 2 aromatic heterocycles. The van der Waals surface area contributed by atoms with E-state index in [1.807, 2.05) is 6.92 Å². The van der Waals surface area contributed by atoms with Gasteiger partial charge in [-0.25, -0.2) is 0 Å². The summed E-state index contributed by atoms with van der Waals surface area (Å²) in [5.41, 5.74) is 5.12. The van der Waals surface area contributed by atoms with Crippen LogP contribution < -0.4 is 5.32 Å². The molecule has 0 radical (unpaired) electrons. The molecule has 5 rings (SSSR count). The van der Waals surface area contributed by atoms with Gasteiger partial charge < -0.3 is 14.3 Å². The van der Waals surface area contributed by atoms with Gasteiger partial charge in [0.1, 0.15) is 5.82 Å². The van der Waals surface area contributed by atoms with Crippen molar-refractivity contribution in [1.82, 2.24) is 25.0 Å². The first kappa shape index (κ1) is 22.1. The Morgan fingerprint density at radius 3 is 2.62 bits per heavy atom. The summed E-state index contributed by atoms with van der Waals surface area (Å²) < 4.78 is 7.34. The van der Waals surface area contributed by atoms with Crippen molar-refractivity contribution in [3.63, 3.8) is 0 Å². The molecule has 0 spiro atoms. The molecule has 1 unspecified atom stereocenters. The van der Waals surface area contributed by atoms with Crippen LogP contribution in [-0.4, -0.2) is 38.7 Å². The van der Waals surface area contributed by atoms with Gasteiger partial charge in [0.25, 0.3) is 5.91 Å². The molecule has 0 fully saturated rings. The number of furan rings is 1. The van der Waals surface area contributed by atoms with Crippen LogP contribution in [0.1, 0.15) is 46.3 Å². The molecular weight excluding hydrogens is 426 g/mol. The number of hydrogen-bond acceptors (Lipinski definition) is 5. The molecule has 174 valence electrons. The molecular formula is C27H29N5O2. The Hall–Kier alpha value is -3.71. The summed E-state index contributed by atoms with van der Waals surface area (Å²) in [5, 5.41) is 11.8. The highest BCUT2D eigenvalue weighted by atomic mass is 16.3. The second-order valence-corrected chi connectivity index (χ2v) is 8.84. The predicted molar refractivity (Wildman–Crippen MR) is 130 cm³/mol. The third-order valence-corrected chi connectivity index (χ3v) is 6.44. The monoisotopic (exact) mass is 455 g/mol. The van der Waals surface area contributed by atoms with E-state index in [9.17, 15) is 4.79 Å². The van der Waals surface area contributed by atoms with E-state index in [1.165, 1.54) is 28.5 Å². The Morgan fingerprint density at radius 2 is 1.85 bits per heavy atom. The van der Waals surface area contributed by atoms with E-state index in [-0.39, 0.29) is 11.9 Å². The third kappa shape index (κ3) is 4.65. The summed E-state index contributed by atoms with van der Waals surface area (Å²) in [6, 6.07) is 20.5. The normalized spacial score (nSPS) is 14.9. The maximum atomic E-state index is 12.4. The number of benzene rings is 2. The fourth-order valence-electron chi connectivity index (χ4n) is 4.55. The molecule has 1 atom stereocenters. The summed E-state index contributed by atoms with van der Waals surface area (Å²) in [7, 11) is 0. The number of rotatable bonds is 6. The smallest absolute Gasteiger partial charge is 0.287 e. The lowest BCUT2D eigenvalue weighted by atomic mass is 9.99. The lowest BCUT2D eigenvalue weighted by Crippen LogP contribution is -2.30. The van der Waals surface area contributed by atoms with E-state index in [4.69, 9.17) is 4.42 Å². The van der Waals surface area contributed by atoms with E-state index >= 15 is 0 Å². The number of amides is 1. The molecule has 7 heteroatoms. The Balaban J connectivity index is 1.22. The quantitative estimate of drug-likeness (QED) is 0.467. The Labute approximate surface area is 199 Å². The molecule has 0 saturated carbocycles. The van der Waals surface area contributed by atoms with Crippen molar-refractivity contribution < 1.29 is 9.21 Å². The summed E-state index contributed by atoms with van der Waals surface area (Å²) >= 11 is 0. The molecule has 4 aromatic rings. The molecule has 3 heterocycles. The van der Waals surface area contributed by atoms with Crippen molar-refractivity contribution in [2.75, 3.05) is 13.1 Å². The largest absolute Gasteiger partial charge is 0.459 e. The van der Waals surface area contributed by atoms with Crippen LogP contribution in [0.25, 0.3) is 11.1 Å². The van der Waals surface area contributed by atoms with Crippen LogP contribution in [0.3, 0.4) is 0 Å². The number of aromatic nitrogens is 3. The minimum Gasteiger partial charge on any atom is -0.459 e. The number of nitrogens with zero attached hydrogens (tertiary/aromatic N) is 4. The molecule has 7 nitrogen and oxygen atoms in total. The van der Waals surface area contributed by atoms with Gasteiger partial charge in [-0.2, -0.15) is 0 Å². The van der Waals surface area contributed by atoms with E-state index in [0.717, 1.165) is 44.2 Å². The number of carbonyl (C=O) groups excluding carboxylic acids is 1. The van der Waals surface area contributed by atoms with Crippen molar-refractivity contribution in [1.29, 1.82) is 0 Å². The molecule has 0 bridgehead atoms. The average Bonchev–Trinajstić information content (AvgIpc) is 3.48. The minimum absolute atomic E-state index is 0.251. The third-order valence-electron chi connectivity index (χ3n) is 6.44. The first-order chi connectivity index (χ1) is 16.6. The highest BCUT2D eigenvalue weighted by Gasteiger charge is 2.23. The summed E-state index contributed by atoms with van der Waals surface area (Å²) in [6.07, 6.45) is 2.32. The van der Waals surface area contributed by atoms with Gasteiger partial charge in [0.2, 0.25) is 0 Å². The lowest BCUT2D eigenvalue weighted by molar-refractivity contribution is 0.0909. The van der Waals surface area contributed by atoms with Crippen molar-refractivity contribution in [2.24, 2.45) is 0 Å². The lowest BCUT2D eigenvalue weighted by Gasteiger charge is -2.20. The Kier molecular flexibility index (Phi) is 6.27. The van der Waals surface area contributed by atoms with Crippen molar-refractivity contribution in [3.05, 3.63) is 95.5 Å². The second-order valence-electron chi connectivity index (χ2n) is 8.84. The zero-order valence-corrected chi connectivity index (χ0v) is 19.6. The van der Waals surface area contributed by atoms with E-state index in [2.05, 4.69) is 80.4 Å². The van der Waals surface area contributed by atoms with Crippen LogP contribution in [0.15, 0.2) is 71.3 Å². The van der Waals surface area contributed by atoms with E-state index < -0.39 is 0 Å². The second kappa shape index (κ2) is 9.65. The van der Waals surface area contributed by atoms with Gasteiger partial charge in [-0.3, -0.25) is 9.69 Å². The van der Waals surface area contributed by atoms with Gasteiger partial charge in [-0.15, -0.1) is 10.2 Å². The number of hydrogen-bond donors (Lipinski definition) is 1. The fraction of sp³-hybridized carbons (Fsp3) is 0.296. The molecule has 1 N–H and O–H groups in total. The van der Waals surface area contributed by atoms with Crippen LogP contribution in [-0.2, 0) is 19.5 Å². The molecule has 1 amide bonds. The summed E-state index contributed by atoms with van der Waals surface area (Å²) in [4.78, 5) is 14.8. The van der Waals surface area contributed by atoms with Crippen molar-refractivity contribution >= 4 is 5.91 Å². The maximum Gasteiger partial charge on any atom is 0.287 e. The standard InChI is InChI=1S/C27H29N5O2/c1-19-6-3-4-7-23(19)22-11-9-21(10-12-22)18-31-14-13-25-29-30-26(32(25)16-15-31)20(2)28-27(33)24-8-5-17-34-24/h3-12,17,20H,13-16,18H2,1-2H3,(H,28,33). The number of fused-ring (bicyclic) bond motifs is 1. The van der Waals surface area contributed by atoms with Gasteiger partial charge in [0.15, 0.2) is 11.6 Å². The molecule has 0 aliphatic carbocycles. The fourth-order valence-corrected chi connectivity index (χ4v) is 4.55. The first-order valence-electron chi connectivity index (χ1n) is 11.7. The number of nitrogens with one attached hydrogen (secondary N) is 1. The van der Waals surface area contributed by atoms with Crippen LogP contribution >= 0.6 is 0 Å². The van der Waals surface area contributed by atoms with Crippen LogP contribution in [0, 0.1) is 6.92 Å². The van der Waals surface area contributed by atoms with E-state index in [1.54, 1.807) is 12.1 Å². The van der Waals surface area contributed by atoms with Gasteiger partial charge in [-0.1, -0.05) is 48.5 Å². The predicted octanol–water partition coefficient (Wildman–Crippen LogP) is 4.40. The Bertz CT molecular complexity index is 1260. The highest BCUT2D eigenvalue weighted by Crippen LogP contribution is 2.24. The molecule has 34 heavy (non-hydrogen) atoms. The summed E-state index contributed by atoms with van der Waals surface area (Å²) in [5.74, 6) is 1.78. The average molecular weight is 456 g/mol. The summed E-state index contributed by atoms with van der Waals surface area (Å²) in [6.45, 7) is 7.58. The van der Waals surface area contributed by atoms with Crippen LogP contribution in [0.5, 0.6) is 0 Å².